The van der Waals surface area contributed by atoms with Crippen LogP contribution in [0.15, 0.2) is 10.9 Å². The van der Waals surface area contributed by atoms with E-state index in [1.165, 1.54) is 0 Å². The van der Waals surface area contributed by atoms with E-state index in [-0.39, 0.29) is 0 Å². The number of hydrogen-bond donors (Lipinski definition) is 2. The number of nitrogens with one attached hydrogen (secondary N) is 1. The van der Waals surface area contributed by atoms with E-state index in [1.807, 2.05) is 0 Å². The number of rotatable bonds is 3. The summed E-state index contributed by atoms with van der Waals surface area (Å²) < 4.78 is 24.8. The molecule has 0 saturated carbocycles. The summed E-state index contributed by atoms with van der Waals surface area (Å²) in [5.41, 5.74) is 0.469. The van der Waals surface area contributed by atoms with Gasteiger partial charge >= 0.3 is 0 Å². The molecule has 16 heavy (non-hydrogen) atoms. The number of H-pyrrole nitrogens is 1. The molecule has 0 atom stereocenters. The average molecular weight is 233 g/mol. The lowest BCUT2D eigenvalue weighted by molar-refractivity contribution is -0.385. The fourth-order valence-electron chi connectivity index (χ4n) is 1.13. The highest BCUT2D eigenvalue weighted by Gasteiger charge is 2.28. The molecule has 9 heteroatoms. The van der Waals surface area contributed by atoms with Crippen LogP contribution in [-0.2, 0) is 0 Å². The summed E-state index contributed by atoms with van der Waals surface area (Å²) in [6.07, 6.45) is -3.24. The number of nitrogens with two attached hydrogens (primary N) is 1. The maximum Gasteiger partial charge on any atom is 0.289 e. The summed E-state index contributed by atoms with van der Waals surface area (Å²) >= 11 is 0. The SMILES string of the molecule is NC(=O)c1c([N+](=O)[O-])cc(=O)[nH]c1C(F)F. The Labute approximate surface area is 86.0 Å². The van der Waals surface area contributed by atoms with Gasteiger partial charge in [0.2, 0.25) is 0 Å². The molecule has 0 fully saturated rings. The first-order valence-electron chi connectivity index (χ1n) is 3.84. The molecule has 0 unspecified atom stereocenters. The monoisotopic (exact) mass is 233 g/mol. The van der Waals surface area contributed by atoms with E-state index in [4.69, 9.17) is 5.73 Å². The maximum absolute atomic E-state index is 12.4. The minimum Gasteiger partial charge on any atom is -0.365 e. The van der Waals surface area contributed by atoms with Gasteiger partial charge in [0, 0.05) is 0 Å². The standard InChI is InChI=1S/C7H5F2N3O4/c8-6(9)5-4(7(10)14)2(12(15)16)1-3(13)11-5/h1,6H,(H2,10,14)(H,11,13). The van der Waals surface area contributed by atoms with Gasteiger partial charge in [-0.3, -0.25) is 19.7 Å². The number of aromatic amines is 1. The fraction of sp³-hybridized carbons (Fsp3) is 0.143. The maximum atomic E-state index is 12.4. The van der Waals surface area contributed by atoms with Crippen LogP contribution in [0.3, 0.4) is 0 Å². The average Bonchev–Trinajstić information content (AvgIpc) is 2.15. The third-order valence-electron chi connectivity index (χ3n) is 1.71. The molecule has 1 aromatic heterocycles. The molecule has 0 bridgehead atoms. The number of carbonyl (C=O) groups is 1. The largest absolute Gasteiger partial charge is 0.365 e. The quantitative estimate of drug-likeness (QED) is 0.576. The van der Waals surface area contributed by atoms with Crippen molar-refractivity contribution in [3.63, 3.8) is 0 Å². The number of hydrogen-bond acceptors (Lipinski definition) is 4. The molecule has 86 valence electrons. The highest BCUT2D eigenvalue weighted by atomic mass is 19.3. The Morgan fingerprint density at radius 3 is 2.50 bits per heavy atom. The molecule has 0 spiro atoms. The van der Waals surface area contributed by atoms with Crippen molar-refractivity contribution in [1.29, 1.82) is 0 Å². The molecule has 0 saturated heterocycles. The van der Waals surface area contributed by atoms with Crippen molar-refractivity contribution in [1.82, 2.24) is 4.98 Å². The molecular formula is C7H5F2N3O4. The van der Waals surface area contributed by atoms with Crippen LogP contribution in [0, 0.1) is 10.1 Å². The van der Waals surface area contributed by atoms with Gasteiger partial charge in [-0.2, -0.15) is 0 Å². The highest BCUT2D eigenvalue weighted by molar-refractivity contribution is 5.98. The van der Waals surface area contributed by atoms with Crippen LogP contribution in [0.1, 0.15) is 22.5 Å². The van der Waals surface area contributed by atoms with Gasteiger partial charge in [-0.1, -0.05) is 0 Å². The van der Waals surface area contributed by atoms with Gasteiger partial charge in [-0.25, -0.2) is 8.78 Å². The Bertz CT molecular complexity index is 511. The molecule has 0 aromatic carbocycles. The van der Waals surface area contributed by atoms with Gasteiger partial charge < -0.3 is 10.7 Å². The van der Waals surface area contributed by atoms with E-state index < -0.39 is 39.8 Å². The van der Waals surface area contributed by atoms with Gasteiger partial charge in [0.05, 0.1) is 11.0 Å². The number of amides is 1. The molecule has 0 aliphatic heterocycles. The number of carbonyl (C=O) groups excluding carboxylic acids is 1. The van der Waals surface area contributed by atoms with E-state index in [2.05, 4.69) is 0 Å². The molecule has 1 heterocycles. The molecule has 1 amide bonds. The van der Waals surface area contributed by atoms with Crippen molar-refractivity contribution in [3.05, 3.63) is 37.8 Å². The van der Waals surface area contributed by atoms with Crippen molar-refractivity contribution >= 4 is 11.6 Å². The molecule has 0 aliphatic carbocycles. The zero-order chi connectivity index (χ0) is 12.5. The van der Waals surface area contributed by atoms with E-state index in [0.717, 1.165) is 0 Å². The second-order valence-electron chi connectivity index (χ2n) is 2.73. The van der Waals surface area contributed by atoms with Crippen LogP contribution in [-0.4, -0.2) is 15.8 Å². The Morgan fingerprint density at radius 1 is 1.56 bits per heavy atom. The number of pyridine rings is 1. The molecule has 3 N–H and O–H groups in total. The van der Waals surface area contributed by atoms with Gasteiger partial charge in [0.15, 0.2) is 0 Å². The highest BCUT2D eigenvalue weighted by Crippen LogP contribution is 2.25. The number of primary amides is 1. The Kier molecular flexibility index (Phi) is 2.97. The minimum atomic E-state index is -3.24. The Hall–Kier alpha value is -2.32. The van der Waals surface area contributed by atoms with Crippen molar-refractivity contribution in [2.45, 2.75) is 6.43 Å². The number of nitro groups is 1. The van der Waals surface area contributed by atoms with Gasteiger partial charge in [0.1, 0.15) is 11.3 Å². The van der Waals surface area contributed by atoms with Crippen LogP contribution < -0.4 is 11.3 Å². The molecule has 0 aliphatic rings. The van der Waals surface area contributed by atoms with Crippen LogP contribution in [0.2, 0.25) is 0 Å². The summed E-state index contributed by atoms with van der Waals surface area (Å²) in [6, 6.07) is 0.423. The Balaban J connectivity index is 3.67. The van der Waals surface area contributed by atoms with Crippen LogP contribution in [0.5, 0.6) is 0 Å². The normalized spacial score (nSPS) is 10.4. The van der Waals surface area contributed by atoms with Crippen LogP contribution in [0.4, 0.5) is 14.5 Å². The zero-order valence-corrected chi connectivity index (χ0v) is 7.57. The third kappa shape index (κ3) is 2.02. The summed E-state index contributed by atoms with van der Waals surface area (Å²) in [4.78, 5) is 32.6. The molecule has 0 radical (unpaired) electrons. The van der Waals surface area contributed by atoms with Crippen LogP contribution >= 0.6 is 0 Å². The summed E-state index contributed by atoms with van der Waals surface area (Å²) in [6.45, 7) is 0. The smallest absolute Gasteiger partial charge is 0.289 e. The predicted octanol–water partition coefficient (Wildman–Crippen LogP) is 0.320. The number of alkyl halides is 2. The first-order chi connectivity index (χ1) is 7.34. The van der Waals surface area contributed by atoms with Crippen molar-refractivity contribution in [2.24, 2.45) is 5.73 Å². The summed E-state index contributed by atoms with van der Waals surface area (Å²) in [7, 11) is 0. The summed E-state index contributed by atoms with van der Waals surface area (Å²) in [5, 5.41) is 10.5. The van der Waals surface area contributed by atoms with E-state index in [1.54, 1.807) is 4.98 Å². The lowest BCUT2D eigenvalue weighted by atomic mass is 10.1. The van der Waals surface area contributed by atoms with Crippen molar-refractivity contribution in [2.75, 3.05) is 0 Å². The zero-order valence-electron chi connectivity index (χ0n) is 7.57. The van der Waals surface area contributed by atoms with Crippen LogP contribution in [0.25, 0.3) is 0 Å². The molecule has 7 nitrogen and oxygen atoms in total. The lowest BCUT2D eigenvalue weighted by Crippen LogP contribution is -2.21. The first kappa shape index (κ1) is 11.8. The van der Waals surface area contributed by atoms with E-state index in [0.29, 0.717) is 6.07 Å². The number of aromatic nitrogens is 1. The van der Waals surface area contributed by atoms with E-state index >= 15 is 0 Å². The second kappa shape index (κ2) is 4.04. The topological polar surface area (TPSA) is 119 Å². The summed E-state index contributed by atoms with van der Waals surface area (Å²) in [5.74, 6) is -1.40. The Morgan fingerprint density at radius 2 is 2.12 bits per heavy atom. The first-order valence-corrected chi connectivity index (χ1v) is 3.84. The van der Waals surface area contributed by atoms with Gasteiger partial charge in [0.25, 0.3) is 23.6 Å². The second-order valence-corrected chi connectivity index (χ2v) is 2.73. The lowest BCUT2D eigenvalue weighted by Gasteiger charge is -2.05. The molecule has 1 rings (SSSR count). The number of halogens is 2. The predicted molar refractivity (Wildman–Crippen MR) is 47.2 cm³/mol. The van der Waals surface area contributed by atoms with Gasteiger partial charge in [-0.05, 0) is 0 Å². The third-order valence-corrected chi connectivity index (χ3v) is 1.71. The van der Waals surface area contributed by atoms with E-state index in [9.17, 15) is 28.5 Å². The van der Waals surface area contributed by atoms with Crippen molar-refractivity contribution in [3.8, 4) is 0 Å². The minimum absolute atomic E-state index is 0.423. The molecular weight excluding hydrogens is 228 g/mol. The number of nitrogens with zero attached hydrogens (tertiary/aromatic N) is 1. The fourth-order valence-corrected chi connectivity index (χ4v) is 1.13. The van der Waals surface area contributed by atoms with Gasteiger partial charge in [-0.15, -0.1) is 0 Å². The molecule has 1 aromatic rings. The van der Waals surface area contributed by atoms with Crippen molar-refractivity contribution < 1.29 is 18.5 Å².